The lowest BCUT2D eigenvalue weighted by molar-refractivity contribution is -0.130. The lowest BCUT2D eigenvalue weighted by Gasteiger charge is -2.35. The van der Waals surface area contributed by atoms with Crippen molar-refractivity contribution in [3.05, 3.63) is 53.5 Å². The summed E-state index contributed by atoms with van der Waals surface area (Å²) >= 11 is 3.66. The first-order valence-electron chi connectivity index (χ1n) is 9.88. The van der Waals surface area contributed by atoms with Gasteiger partial charge >= 0.3 is 0 Å². The van der Waals surface area contributed by atoms with Gasteiger partial charge in [-0.2, -0.15) is 0 Å². The molecule has 0 spiro atoms. The van der Waals surface area contributed by atoms with Crippen molar-refractivity contribution in [2.24, 2.45) is 0 Å². The minimum Gasteiger partial charge on any atom is -0.360 e. The first-order valence-corrected chi connectivity index (χ1v) is 11.7. The molecule has 2 aliphatic rings. The van der Waals surface area contributed by atoms with E-state index in [9.17, 15) is 4.79 Å². The van der Waals surface area contributed by atoms with Gasteiger partial charge in [-0.3, -0.25) is 4.79 Å². The highest BCUT2D eigenvalue weighted by Gasteiger charge is 2.28. The Morgan fingerprint density at radius 2 is 1.96 bits per heavy atom. The molecule has 1 amide bonds. The van der Waals surface area contributed by atoms with Crippen molar-refractivity contribution >= 4 is 44.9 Å². The predicted octanol–water partition coefficient (Wildman–Crippen LogP) is 4.61. The van der Waals surface area contributed by atoms with Crippen molar-refractivity contribution in [2.75, 3.05) is 36.8 Å². The zero-order chi connectivity index (χ0) is 18.9. The van der Waals surface area contributed by atoms with Gasteiger partial charge in [0.15, 0.2) is 0 Å². The third-order valence-electron chi connectivity index (χ3n) is 5.58. The molecule has 0 N–H and O–H groups in total. The minimum absolute atomic E-state index is 0.243. The van der Waals surface area contributed by atoms with Gasteiger partial charge in [-0.15, -0.1) is 23.1 Å². The van der Waals surface area contributed by atoms with Crippen LogP contribution in [-0.4, -0.2) is 47.7 Å². The van der Waals surface area contributed by atoms with Gasteiger partial charge in [-0.05, 0) is 37.1 Å². The zero-order valence-electron chi connectivity index (χ0n) is 15.7. The maximum absolute atomic E-state index is 13.1. The molecule has 4 nitrogen and oxygen atoms in total. The Bertz CT molecular complexity index is 969. The van der Waals surface area contributed by atoms with E-state index in [0.29, 0.717) is 12.5 Å². The van der Waals surface area contributed by atoms with E-state index in [4.69, 9.17) is 4.98 Å². The Morgan fingerprint density at radius 3 is 2.89 bits per heavy atom. The molecule has 0 unspecified atom stereocenters. The molecule has 3 heterocycles. The summed E-state index contributed by atoms with van der Waals surface area (Å²) in [5, 5.41) is 1.18. The van der Waals surface area contributed by atoms with Gasteiger partial charge < -0.3 is 9.80 Å². The van der Waals surface area contributed by atoms with Crippen LogP contribution in [0, 0.1) is 0 Å². The molecule has 1 aromatic heterocycles. The lowest BCUT2D eigenvalue weighted by atomic mass is 9.98. The number of anilines is 1. The Labute approximate surface area is 173 Å². The Morgan fingerprint density at radius 1 is 1.11 bits per heavy atom. The van der Waals surface area contributed by atoms with Gasteiger partial charge in [-0.1, -0.05) is 24.3 Å². The van der Waals surface area contributed by atoms with Crippen LogP contribution in [-0.2, 0) is 4.79 Å². The molecule has 144 valence electrons. The van der Waals surface area contributed by atoms with E-state index in [1.807, 2.05) is 17.8 Å². The number of rotatable bonds is 3. The van der Waals surface area contributed by atoms with E-state index in [2.05, 4.69) is 52.3 Å². The van der Waals surface area contributed by atoms with Crippen LogP contribution in [0.3, 0.4) is 0 Å². The van der Waals surface area contributed by atoms with Crippen LogP contribution >= 0.6 is 23.1 Å². The fraction of sp³-hybridized carbons (Fsp3) is 0.364. The summed E-state index contributed by atoms with van der Waals surface area (Å²) in [5.74, 6) is 1.64. The zero-order valence-corrected chi connectivity index (χ0v) is 17.3. The molecule has 5 rings (SSSR count). The Balaban J connectivity index is 1.29. The number of fused-ring (bicyclic) bond motifs is 2. The smallest absolute Gasteiger partial charge is 0.242 e. The van der Waals surface area contributed by atoms with Crippen LogP contribution in [0.15, 0.2) is 53.4 Å². The molecule has 1 fully saturated rings. The molecular weight excluding hydrogens is 386 g/mol. The number of carbonyl (C=O) groups excluding carboxylic acids is 1. The van der Waals surface area contributed by atoms with Crippen molar-refractivity contribution < 1.29 is 4.79 Å². The molecule has 3 aromatic rings. The summed E-state index contributed by atoms with van der Waals surface area (Å²) < 4.78 is 1.24. The van der Waals surface area contributed by atoms with E-state index < -0.39 is 0 Å². The molecule has 6 heteroatoms. The molecule has 28 heavy (non-hydrogen) atoms. The molecule has 0 bridgehead atoms. The molecule has 0 saturated carbocycles. The molecule has 2 aromatic carbocycles. The van der Waals surface area contributed by atoms with Gasteiger partial charge in [0.25, 0.3) is 0 Å². The highest BCUT2D eigenvalue weighted by molar-refractivity contribution is 7.99. The van der Waals surface area contributed by atoms with Gasteiger partial charge in [0.05, 0.1) is 27.5 Å². The van der Waals surface area contributed by atoms with Crippen LogP contribution < -0.4 is 4.90 Å². The number of likely N-dealkylation sites (tertiary alicyclic amines) is 1. The summed E-state index contributed by atoms with van der Waals surface area (Å²) in [6, 6.07) is 16.7. The van der Waals surface area contributed by atoms with Crippen LogP contribution in [0.5, 0.6) is 0 Å². The standard InChI is InChI=1S/C22H23N3OS2/c26-21(15-24-12-13-27-20-10-4-2-8-18(20)24)25-11-5-6-16(14-25)22-23-17-7-1-3-9-19(17)28-22/h1-4,7-10,16H,5-6,11-15H2/t16-/m0/s1. The average Bonchev–Trinajstić information content (AvgIpc) is 3.18. The average molecular weight is 410 g/mol. The van der Waals surface area contributed by atoms with Gasteiger partial charge in [0, 0.05) is 36.2 Å². The molecule has 1 saturated heterocycles. The predicted molar refractivity (Wildman–Crippen MR) is 118 cm³/mol. The first kappa shape index (κ1) is 18.0. The highest BCUT2D eigenvalue weighted by Crippen LogP contribution is 2.35. The summed E-state index contributed by atoms with van der Waals surface area (Å²) in [6.45, 7) is 3.07. The number of hydrogen-bond acceptors (Lipinski definition) is 5. The number of para-hydroxylation sites is 2. The van der Waals surface area contributed by atoms with E-state index in [0.717, 1.165) is 43.7 Å². The third-order valence-corrected chi connectivity index (χ3v) is 7.83. The van der Waals surface area contributed by atoms with E-state index >= 15 is 0 Å². The number of aromatic nitrogens is 1. The summed E-state index contributed by atoms with van der Waals surface area (Å²) in [4.78, 5) is 23.5. The maximum atomic E-state index is 13.1. The lowest BCUT2D eigenvalue weighted by Crippen LogP contribution is -2.45. The van der Waals surface area contributed by atoms with Crippen LogP contribution in [0.1, 0.15) is 23.8 Å². The van der Waals surface area contributed by atoms with Crippen LogP contribution in [0.25, 0.3) is 10.2 Å². The monoisotopic (exact) mass is 409 g/mol. The number of thioether (sulfide) groups is 1. The second kappa shape index (κ2) is 7.76. The largest absolute Gasteiger partial charge is 0.360 e. The van der Waals surface area contributed by atoms with E-state index in [-0.39, 0.29) is 5.91 Å². The van der Waals surface area contributed by atoms with Crippen molar-refractivity contribution in [3.8, 4) is 0 Å². The number of amides is 1. The number of hydrogen-bond donors (Lipinski definition) is 0. The van der Waals surface area contributed by atoms with Crippen LogP contribution in [0.4, 0.5) is 5.69 Å². The Kier molecular flexibility index (Phi) is 4.99. The number of piperidine rings is 1. The fourth-order valence-corrected chi connectivity index (χ4v) is 6.27. The van der Waals surface area contributed by atoms with Crippen LogP contribution in [0.2, 0.25) is 0 Å². The van der Waals surface area contributed by atoms with Gasteiger partial charge in [-0.25, -0.2) is 4.98 Å². The second-order valence-electron chi connectivity index (χ2n) is 7.44. The van der Waals surface area contributed by atoms with Gasteiger partial charge in [0.2, 0.25) is 5.91 Å². The first-order chi connectivity index (χ1) is 13.8. The SMILES string of the molecule is O=C(CN1CCSc2ccccc21)N1CCC[C@H](c2nc3ccccc3s2)C1. The maximum Gasteiger partial charge on any atom is 0.242 e. The third kappa shape index (κ3) is 3.51. The number of thiazole rings is 1. The molecule has 1 atom stereocenters. The fourth-order valence-electron chi connectivity index (χ4n) is 4.12. The summed E-state index contributed by atoms with van der Waals surface area (Å²) in [6.07, 6.45) is 2.17. The molecule has 0 aliphatic carbocycles. The van der Waals surface area contributed by atoms with Crippen molar-refractivity contribution in [1.82, 2.24) is 9.88 Å². The minimum atomic E-state index is 0.243. The van der Waals surface area contributed by atoms with Crippen molar-refractivity contribution in [1.29, 1.82) is 0 Å². The molecular formula is C22H23N3OS2. The number of nitrogens with zero attached hydrogens (tertiary/aromatic N) is 3. The van der Waals surface area contributed by atoms with Crippen molar-refractivity contribution in [2.45, 2.75) is 23.7 Å². The molecule has 2 aliphatic heterocycles. The number of benzene rings is 2. The van der Waals surface area contributed by atoms with E-state index in [1.165, 1.54) is 20.3 Å². The van der Waals surface area contributed by atoms with E-state index in [1.54, 1.807) is 11.3 Å². The Hall–Kier alpha value is -2.05. The quantitative estimate of drug-likeness (QED) is 0.633. The van der Waals surface area contributed by atoms with Gasteiger partial charge in [0.1, 0.15) is 0 Å². The normalized spacial score (nSPS) is 19.6. The summed E-state index contributed by atoms with van der Waals surface area (Å²) in [7, 11) is 0. The van der Waals surface area contributed by atoms with Crippen molar-refractivity contribution in [3.63, 3.8) is 0 Å². The molecule has 0 radical (unpaired) electrons. The highest BCUT2D eigenvalue weighted by atomic mass is 32.2. The topological polar surface area (TPSA) is 36.4 Å². The summed E-state index contributed by atoms with van der Waals surface area (Å²) in [5.41, 5.74) is 2.28. The second-order valence-corrected chi connectivity index (χ2v) is 9.64. The number of carbonyl (C=O) groups is 1.